The van der Waals surface area contributed by atoms with Crippen molar-refractivity contribution in [1.82, 2.24) is 10.3 Å². The van der Waals surface area contributed by atoms with Crippen LogP contribution in [0.25, 0.3) is 10.9 Å². The lowest BCUT2D eigenvalue weighted by molar-refractivity contribution is -0.0584. The highest BCUT2D eigenvalue weighted by Gasteiger charge is 2.42. The van der Waals surface area contributed by atoms with Gasteiger partial charge < -0.3 is 20.1 Å². The lowest BCUT2D eigenvalue weighted by atomic mass is 9.72. The van der Waals surface area contributed by atoms with Gasteiger partial charge in [0.15, 0.2) is 0 Å². The Bertz CT molecular complexity index is 651. The molecule has 2 aliphatic rings. The van der Waals surface area contributed by atoms with Crippen molar-refractivity contribution in [3.63, 3.8) is 0 Å². The summed E-state index contributed by atoms with van der Waals surface area (Å²) in [5, 5.41) is 15.6. The fourth-order valence-electron chi connectivity index (χ4n) is 4.00. The first kappa shape index (κ1) is 12.4. The molecule has 1 aromatic heterocycles. The highest BCUT2D eigenvalue weighted by Crippen LogP contribution is 2.42. The smallest absolute Gasteiger partial charge is 0.101 e. The van der Waals surface area contributed by atoms with E-state index in [2.05, 4.69) is 34.7 Å². The maximum Gasteiger partial charge on any atom is 0.101 e. The molecule has 0 spiro atoms. The minimum atomic E-state index is -0.758. The van der Waals surface area contributed by atoms with Crippen molar-refractivity contribution in [2.45, 2.75) is 30.4 Å². The summed E-state index contributed by atoms with van der Waals surface area (Å²) in [5.74, 6) is 0.357. The molecule has 0 amide bonds. The van der Waals surface area contributed by atoms with Crippen molar-refractivity contribution in [3.05, 3.63) is 35.5 Å². The van der Waals surface area contributed by atoms with Crippen molar-refractivity contribution in [2.24, 2.45) is 0 Å². The van der Waals surface area contributed by atoms with Crippen molar-refractivity contribution in [1.29, 1.82) is 0 Å². The van der Waals surface area contributed by atoms with Crippen molar-refractivity contribution < 1.29 is 9.84 Å². The summed E-state index contributed by atoms with van der Waals surface area (Å²) in [6.07, 6.45) is 3.93. The van der Waals surface area contributed by atoms with E-state index >= 15 is 0 Å². The molecule has 3 N–H and O–H groups in total. The molecule has 1 fully saturated rings. The molecule has 4 heteroatoms. The number of methoxy groups -OCH3 is 1. The average Bonchev–Trinajstić information content (AvgIpc) is 2.85. The van der Waals surface area contributed by atoms with Crippen LogP contribution < -0.4 is 5.32 Å². The maximum atomic E-state index is 10.7. The minimum Gasteiger partial charge on any atom is -0.386 e. The van der Waals surface area contributed by atoms with E-state index in [1.807, 2.05) is 0 Å². The molecule has 1 aliphatic carbocycles. The molecule has 20 heavy (non-hydrogen) atoms. The number of fused-ring (bicyclic) bond motifs is 2. The first-order chi connectivity index (χ1) is 9.70. The molecule has 2 aromatic rings. The summed E-state index contributed by atoms with van der Waals surface area (Å²) in [7, 11) is 1.65. The monoisotopic (exact) mass is 272 g/mol. The van der Waals surface area contributed by atoms with Gasteiger partial charge in [0.25, 0.3) is 0 Å². The van der Waals surface area contributed by atoms with Crippen LogP contribution in [0.2, 0.25) is 0 Å². The third kappa shape index (κ3) is 1.72. The molecule has 1 aliphatic heterocycles. The fraction of sp³-hybridized carbons (Fsp3) is 0.500. The van der Waals surface area contributed by atoms with Crippen LogP contribution in [-0.4, -0.2) is 42.0 Å². The van der Waals surface area contributed by atoms with Gasteiger partial charge in [0.05, 0.1) is 6.61 Å². The molecule has 2 heterocycles. The number of aliphatic hydroxyl groups is 1. The molecule has 3 atom stereocenters. The standard InChI is InChI=1S/C16H20N2O2/c1-20-9-16(19)6-12-11-3-2-4-13-15(11)10(7-17-13)5-14(12)18-8-16/h2-4,7,12,14,17-19H,5-6,8-9H2,1H3/t12-,14-,16?/m1/s1. The number of hydrogen-bond acceptors (Lipinski definition) is 3. The predicted octanol–water partition coefficient (Wildman–Crippen LogP) is 1.55. The number of benzene rings is 1. The number of nitrogens with one attached hydrogen (secondary N) is 2. The molecule has 1 saturated heterocycles. The van der Waals surface area contributed by atoms with Crippen molar-refractivity contribution >= 4 is 10.9 Å². The third-order valence-electron chi connectivity index (χ3n) is 4.85. The third-order valence-corrected chi connectivity index (χ3v) is 4.85. The van der Waals surface area contributed by atoms with Gasteiger partial charge in [-0.05, 0) is 30.0 Å². The molecule has 4 rings (SSSR count). The van der Waals surface area contributed by atoms with Crippen molar-refractivity contribution in [2.75, 3.05) is 20.3 Å². The van der Waals surface area contributed by atoms with E-state index < -0.39 is 5.60 Å². The van der Waals surface area contributed by atoms with E-state index in [-0.39, 0.29) is 0 Å². The SMILES string of the molecule is COCC1(O)CN[C@@H]2Cc3c[nH]c4cccc(c34)[C@H]2C1. The molecule has 0 radical (unpaired) electrons. The summed E-state index contributed by atoms with van der Waals surface area (Å²) in [5.41, 5.74) is 3.20. The van der Waals surface area contributed by atoms with Crippen LogP contribution in [-0.2, 0) is 11.2 Å². The van der Waals surface area contributed by atoms with Crippen LogP contribution in [0.15, 0.2) is 24.4 Å². The van der Waals surface area contributed by atoms with Gasteiger partial charge in [0.2, 0.25) is 0 Å². The lowest BCUT2D eigenvalue weighted by Gasteiger charge is -2.44. The second-order valence-corrected chi connectivity index (χ2v) is 6.24. The Morgan fingerprint density at radius 2 is 2.35 bits per heavy atom. The van der Waals surface area contributed by atoms with Gasteiger partial charge in [-0.25, -0.2) is 0 Å². The zero-order chi connectivity index (χ0) is 13.7. The van der Waals surface area contributed by atoms with Gasteiger partial charge in [-0.1, -0.05) is 12.1 Å². The summed E-state index contributed by atoms with van der Waals surface area (Å²) in [6, 6.07) is 6.85. The highest BCUT2D eigenvalue weighted by atomic mass is 16.5. The quantitative estimate of drug-likeness (QED) is 0.777. The molecule has 1 unspecified atom stereocenters. The van der Waals surface area contributed by atoms with Gasteiger partial charge in [-0.3, -0.25) is 0 Å². The van der Waals surface area contributed by atoms with Gasteiger partial charge in [0.1, 0.15) is 5.60 Å². The zero-order valence-corrected chi connectivity index (χ0v) is 11.6. The fourth-order valence-corrected chi connectivity index (χ4v) is 4.00. The number of β-amino-alcohol motifs (C(OH)–C–C–N with tert-alkyl or cyclic N) is 1. The number of aromatic nitrogens is 1. The number of rotatable bonds is 2. The number of piperidine rings is 1. The van der Waals surface area contributed by atoms with E-state index in [4.69, 9.17) is 4.74 Å². The van der Waals surface area contributed by atoms with Gasteiger partial charge in [-0.2, -0.15) is 0 Å². The molecule has 0 saturated carbocycles. The van der Waals surface area contributed by atoms with E-state index in [0.29, 0.717) is 25.1 Å². The van der Waals surface area contributed by atoms with Crippen LogP contribution >= 0.6 is 0 Å². The van der Waals surface area contributed by atoms with Crippen LogP contribution in [0.1, 0.15) is 23.5 Å². The first-order valence-corrected chi connectivity index (χ1v) is 7.24. The normalized spacial score (nSPS) is 32.3. The Balaban J connectivity index is 1.78. The Kier molecular flexibility index (Phi) is 2.67. The van der Waals surface area contributed by atoms with E-state index in [0.717, 1.165) is 12.8 Å². The minimum absolute atomic E-state index is 0.357. The lowest BCUT2D eigenvalue weighted by Crippen LogP contribution is -2.57. The van der Waals surface area contributed by atoms with E-state index in [1.165, 1.54) is 22.0 Å². The van der Waals surface area contributed by atoms with Crippen molar-refractivity contribution in [3.8, 4) is 0 Å². The Labute approximate surface area is 118 Å². The van der Waals surface area contributed by atoms with Gasteiger partial charge >= 0.3 is 0 Å². The first-order valence-electron chi connectivity index (χ1n) is 7.24. The summed E-state index contributed by atoms with van der Waals surface area (Å²) >= 11 is 0. The predicted molar refractivity (Wildman–Crippen MR) is 78.0 cm³/mol. The number of aromatic amines is 1. The maximum absolute atomic E-state index is 10.7. The average molecular weight is 272 g/mol. The highest BCUT2D eigenvalue weighted by molar-refractivity contribution is 5.88. The molecule has 1 aromatic carbocycles. The molecule has 106 valence electrons. The number of hydrogen-bond donors (Lipinski definition) is 3. The number of ether oxygens (including phenoxy) is 1. The molecule has 4 nitrogen and oxygen atoms in total. The number of H-pyrrole nitrogens is 1. The van der Waals surface area contributed by atoms with Gasteiger partial charge in [-0.15, -0.1) is 0 Å². The molecular formula is C16H20N2O2. The summed E-state index contributed by atoms with van der Waals surface area (Å²) in [6.45, 7) is 0.997. The Morgan fingerprint density at radius 3 is 3.20 bits per heavy atom. The summed E-state index contributed by atoms with van der Waals surface area (Å²) < 4.78 is 5.20. The Morgan fingerprint density at radius 1 is 1.45 bits per heavy atom. The second kappa shape index (κ2) is 4.32. The Hall–Kier alpha value is -1.36. The van der Waals surface area contributed by atoms with Crippen LogP contribution in [0.4, 0.5) is 0 Å². The van der Waals surface area contributed by atoms with Crippen LogP contribution in [0.5, 0.6) is 0 Å². The van der Waals surface area contributed by atoms with E-state index in [1.54, 1.807) is 7.11 Å². The molecule has 0 bridgehead atoms. The molecular weight excluding hydrogens is 252 g/mol. The summed E-state index contributed by atoms with van der Waals surface area (Å²) in [4.78, 5) is 3.36. The van der Waals surface area contributed by atoms with Gasteiger partial charge in [0, 0.05) is 42.7 Å². The van der Waals surface area contributed by atoms with Crippen LogP contribution in [0, 0.1) is 0 Å². The van der Waals surface area contributed by atoms with E-state index in [9.17, 15) is 5.11 Å². The second-order valence-electron chi connectivity index (χ2n) is 6.24. The zero-order valence-electron chi connectivity index (χ0n) is 11.6. The topological polar surface area (TPSA) is 57.3 Å². The van der Waals surface area contributed by atoms with Crippen LogP contribution in [0.3, 0.4) is 0 Å². The largest absolute Gasteiger partial charge is 0.386 e.